The Morgan fingerprint density at radius 1 is 1.19 bits per heavy atom. The van der Waals surface area contributed by atoms with Crippen molar-refractivity contribution in [3.05, 3.63) is 34.6 Å². The molecule has 1 aromatic rings. The van der Waals surface area contributed by atoms with Crippen LogP contribution in [0.3, 0.4) is 0 Å². The van der Waals surface area contributed by atoms with Crippen LogP contribution in [-0.2, 0) is 9.59 Å². The normalized spacial score (nSPS) is 21.6. The number of amides is 4. The highest BCUT2D eigenvalue weighted by Gasteiger charge is 2.46. The monoisotopic (exact) mass is 290 g/mol. The molecule has 7 heteroatoms. The van der Waals surface area contributed by atoms with Crippen molar-refractivity contribution in [2.75, 3.05) is 0 Å². The number of nitrogens with zero attached hydrogens (tertiary/aromatic N) is 1. The van der Waals surface area contributed by atoms with Crippen molar-refractivity contribution in [2.45, 2.75) is 25.8 Å². The van der Waals surface area contributed by atoms with Crippen LogP contribution < -0.4 is 5.32 Å². The average molecular weight is 290 g/mol. The van der Waals surface area contributed by atoms with Gasteiger partial charge in [0, 0.05) is 6.42 Å². The topological polar surface area (TPSA) is 83.6 Å². The van der Waals surface area contributed by atoms with E-state index in [0.29, 0.717) is 0 Å². The smallest absolute Gasteiger partial charge is 0.265 e. The Morgan fingerprint density at radius 3 is 2.57 bits per heavy atom. The van der Waals surface area contributed by atoms with E-state index in [2.05, 4.69) is 5.32 Å². The van der Waals surface area contributed by atoms with Crippen LogP contribution in [-0.4, -0.2) is 34.6 Å². The Bertz CT molecular complexity index is 713. The maximum atomic E-state index is 14.1. The Kier molecular flexibility index (Phi) is 2.86. The molecule has 0 radical (unpaired) electrons. The number of fused-ring (bicyclic) bond motifs is 1. The molecule has 1 fully saturated rings. The van der Waals surface area contributed by atoms with Gasteiger partial charge in [-0.3, -0.25) is 29.4 Å². The lowest BCUT2D eigenvalue weighted by Crippen LogP contribution is -2.54. The van der Waals surface area contributed by atoms with E-state index >= 15 is 0 Å². The van der Waals surface area contributed by atoms with Gasteiger partial charge in [0.25, 0.3) is 11.8 Å². The second-order valence-corrected chi connectivity index (χ2v) is 5.07. The molecule has 0 aromatic heterocycles. The maximum Gasteiger partial charge on any atom is 0.265 e. The predicted octanol–water partition coefficient (Wildman–Crippen LogP) is 0.535. The van der Waals surface area contributed by atoms with Gasteiger partial charge < -0.3 is 0 Å². The van der Waals surface area contributed by atoms with Crippen LogP contribution >= 0.6 is 0 Å². The van der Waals surface area contributed by atoms with E-state index in [1.165, 1.54) is 19.1 Å². The summed E-state index contributed by atoms with van der Waals surface area (Å²) in [5.74, 6) is -3.44. The van der Waals surface area contributed by atoms with Crippen LogP contribution in [0.1, 0.15) is 39.1 Å². The third-order valence-electron chi connectivity index (χ3n) is 3.74. The first-order valence-electron chi connectivity index (χ1n) is 6.42. The SMILES string of the molecule is Cc1ccc2c(c1F)C(=O)N([C@H]1CCC(=O)NC1=O)C2=O. The van der Waals surface area contributed by atoms with Crippen LogP contribution in [0.4, 0.5) is 4.39 Å². The van der Waals surface area contributed by atoms with Gasteiger partial charge in [0.2, 0.25) is 11.8 Å². The largest absolute Gasteiger partial charge is 0.295 e. The molecule has 0 saturated carbocycles. The summed E-state index contributed by atoms with van der Waals surface area (Å²) < 4.78 is 14.1. The number of imide groups is 2. The molecule has 3 rings (SSSR count). The highest BCUT2D eigenvalue weighted by molar-refractivity contribution is 6.23. The number of piperidine rings is 1. The fourth-order valence-corrected chi connectivity index (χ4v) is 2.62. The summed E-state index contributed by atoms with van der Waals surface area (Å²) in [5.41, 5.74) is -0.0995. The quantitative estimate of drug-likeness (QED) is 0.765. The van der Waals surface area contributed by atoms with E-state index in [4.69, 9.17) is 0 Å². The Morgan fingerprint density at radius 2 is 1.90 bits per heavy atom. The first-order chi connectivity index (χ1) is 9.91. The fourth-order valence-electron chi connectivity index (χ4n) is 2.62. The highest BCUT2D eigenvalue weighted by atomic mass is 19.1. The number of nitrogens with one attached hydrogen (secondary N) is 1. The zero-order chi connectivity index (χ0) is 15.3. The lowest BCUT2D eigenvalue weighted by molar-refractivity contribution is -0.136. The first kappa shape index (κ1) is 13.4. The Balaban J connectivity index is 2.02. The fraction of sp³-hybridized carbons (Fsp3) is 0.286. The molecule has 2 aliphatic rings. The van der Waals surface area contributed by atoms with Gasteiger partial charge in [-0.2, -0.15) is 0 Å². The molecule has 0 bridgehead atoms. The van der Waals surface area contributed by atoms with Crippen LogP contribution in [0, 0.1) is 12.7 Å². The van der Waals surface area contributed by atoms with Crippen molar-refractivity contribution in [1.82, 2.24) is 10.2 Å². The van der Waals surface area contributed by atoms with Gasteiger partial charge in [0.15, 0.2) is 0 Å². The number of hydrogen-bond donors (Lipinski definition) is 1. The number of benzene rings is 1. The van der Waals surface area contributed by atoms with E-state index in [1.54, 1.807) is 0 Å². The minimum Gasteiger partial charge on any atom is -0.295 e. The second-order valence-electron chi connectivity index (χ2n) is 5.07. The van der Waals surface area contributed by atoms with Gasteiger partial charge in [0.1, 0.15) is 11.9 Å². The minimum atomic E-state index is -1.07. The number of aryl methyl sites for hydroxylation is 1. The van der Waals surface area contributed by atoms with Gasteiger partial charge in [-0.1, -0.05) is 6.07 Å². The van der Waals surface area contributed by atoms with Gasteiger partial charge in [0.05, 0.1) is 11.1 Å². The van der Waals surface area contributed by atoms with Gasteiger partial charge >= 0.3 is 0 Å². The van der Waals surface area contributed by atoms with Gasteiger partial charge in [-0.25, -0.2) is 4.39 Å². The molecule has 0 aliphatic carbocycles. The van der Waals surface area contributed by atoms with Crippen LogP contribution in [0.5, 0.6) is 0 Å². The zero-order valence-corrected chi connectivity index (χ0v) is 11.1. The standard InChI is InChI=1S/C14H11FN2O4/c1-6-2-3-7-10(11(6)15)14(21)17(13(7)20)8-4-5-9(18)16-12(8)19/h2-3,8H,4-5H2,1H3,(H,16,18,19)/t8-/m0/s1. The number of carbonyl (C=O) groups is 4. The highest BCUT2D eigenvalue weighted by Crippen LogP contribution is 2.30. The molecule has 1 N–H and O–H groups in total. The van der Waals surface area contributed by atoms with E-state index in [9.17, 15) is 23.6 Å². The molecule has 21 heavy (non-hydrogen) atoms. The molecular formula is C14H11FN2O4. The van der Waals surface area contributed by atoms with Gasteiger partial charge in [-0.15, -0.1) is 0 Å². The third-order valence-corrected chi connectivity index (χ3v) is 3.74. The predicted molar refractivity (Wildman–Crippen MR) is 67.8 cm³/mol. The molecule has 1 atom stereocenters. The summed E-state index contributed by atoms with van der Waals surface area (Å²) in [6.45, 7) is 1.49. The number of halogens is 1. The van der Waals surface area contributed by atoms with Crippen molar-refractivity contribution >= 4 is 23.6 Å². The Hall–Kier alpha value is -2.57. The molecule has 0 spiro atoms. The summed E-state index contributed by atoms with van der Waals surface area (Å²) in [6, 6.07) is 1.71. The second kappa shape index (κ2) is 4.47. The van der Waals surface area contributed by atoms with E-state index in [-0.39, 0.29) is 29.5 Å². The summed E-state index contributed by atoms with van der Waals surface area (Å²) in [7, 11) is 0. The van der Waals surface area contributed by atoms with E-state index in [0.717, 1.165) is 4.90 Å². The molecule has 1 aromatic carbocycles. The molecule has 6 nitrogen and oxygen atoms in total. The molecule has 108 valence electrons. The van der Waals surface area contributed by atoms with Crippen molar-refractivity contribution in [3.8, 4) is 0 Å². The van der Waals surface area contributed by atoms with Crippen molar-refractivity contribution in [2.24, 2.45) is 0 Å². The maximum absolute atomic E-state index is 14.1. The molecule has 2 aliphatic heterocycles. The number of rotatable bonds is 1. The average Bonchev–Trinajstić information content (AvgIpc) is 2.67. The van der Waals surface area contributed by atoms with E-state index in [1.807, 2.05) is 0 Å². The van der Waals surface area contributed by atoms with Gasteiger partial charge in [-0.05, 0) is 25.0 Å². The molecule has 4 amide bonds. The van der Waals surface area contributed by atoms with Crippen molar-refractivity contribution < 1.29 is 23.6 Å². The van der Waals surface area contributed by atoms with Crippen LogP contribution in [0.15, 0.2) is 12.1 Å². The number of carbonyl (C=O) groups excluding carboxylic acids is 4. The first-order valence-corrected chi connectivity index (χ1v) is 6.42. The summed E-state index contributed by atoms with van der Waals surface area (Å²) in [4.78, 5) is 48.3. The van der Waals surface area contributed by atoms with Crippen molar-refractivity contribution in [1.29, 1.82) is 0 Å². The van der Waals surface area contributed by atoms with Crippen molar-refractivity contribution in [3.63, 3.8) is 0 Å². The molecule has 2 heterocycles. The van der Waals surface area contributed by atoms with E-state index < -0.39 is 35.5 Å². The number of hydrogen-bond acceptors (Lipinski definition) is 4. The minimum absolute atomic E-state index is 0.0331. The van der Waals surface area contributed by atoms with Crippen LogP contribution in [0.2, 0.25) is 0 Å². The zero-order valence-electron chi connectivity index (χ0n) is 11.1. The molecule has 0 unspecified atom stereocenters. The lowest BCUT2D eigenvalue weighted by Gasteiger charge is -2.27. The summed E-state index contributed by atoms with van der Waals surface area (Å²) in [5, 5.41) is 2.08. The molecular weight excluding hydrogens is 279 g/mol. The Labute approximate surface area is 118 Å². The molecule has 1 saturated heterocycles. The lowest BCUT2D eigenvalue weighted by atomic mass is 10.0. The van der Waals surface area contributed by atoms with Crippen LogP contribution in [0.25, 0.3) is 0 Å². The summed E-state index contributed by atoms with van der Waals surface area (Å²) in [6.07, 6.45) is 0.0854. The third kappa shape index (κ3) is 1.84. The summed E-state index contributed by atoms with van der Waals surface area (Å²) >= 11 is 0.